The number of hydrogen-bond acceptors (Lipinski definition) is 3. The van der Waals surface area contributed by atoms with Gasteiger partial charge in [-0.3, -0.25) is 0 Å². The first-order valence-corrected chi connectivity index (χ1v) is 6.11. The van der Waals surface area contributed by atoms with Crippen LogP contribution in [0.2, 0.25) is 0 Å². The number of nitrogens with one attached hydrogen (secondary N) is 1. The predicted molar refractivity (Wildman–Crippen MR) is 61.8 cm³/mol. The summed E-state index contributed by atoms with van der Waals surface area (Å²) >= 11 is 1.84. The maximum absolute atomic E-state index is 3.68. The summed E-state index contributed by atoms with van der Waals surface area (Å²) < 4.78 is 0. The molecule has 2 nitrogen and oxygen atoms in total. The largest absolute Gasteiger partial charge is 0.305 e. The van der Waals surface area contributed by atoms with Crippen molar-refractivity contribution >= 4 is 11.3 Å². The summed E-state index contributed by atoms with van der Waals surface area (Å²) in [6.07, 6.45) is 1.28. The van der Waals surface area contributed by atoms with Crippen LogP contribution < -0.4 is 5.32 Å². The number of thiophene rings is 1. The maximum Gasteiger partial charge on any atom is 0.0388 e. The van der Waals surface area contributed by atoms with Gasteiger partial charge in [0.1, 0.15) is 0 Å². The summed E-state index contributed by atoms with van der Waals surface area (Å²) in [5.41, 5.74) is 0. The second kappa shape index (κ2) is 4.43. The zero-order valence-electron chi connectivity index (χ0n) is 8.86. The molecule has 0 bridgehead atoms. The molecule has 0 aliphatic carbocycles. The van der Waals surface area contributed by atoms with E-state index in [0.29, 0.717) is 12.1 Å². The number of rotatable bonds is 3. The number of nitrogens with zero attached hydrogens (tertiary/aromatic N) is 1. The molecule has 0 radical (unpaired) electrons. The summed E-state index contributed by atoms with van der Waals surface area (Å²) in [5, 5.41) is 5.83. The Morgan fingerprint density at radius 1 is 1.64 bits per heavy atom. The quantitative estimate of drug-likeness (QED) is 0.822. The highest BCUT2D eigenvalue weighted by Crippen LogP contribution is 2.20. The normalized spacial score (nSPS) is 25.4. The molecule has 0 aromatic carbocycles. The molecule has 1 aliphatic heterocycles. The maximum atomic E-state index is 3.68. The van der Waals surface area contributed by atoms with Gasteiger partial charge in [0.05, 0.1) is 0 Å². The molecular weight excluding hydrogens is 192 g/mol. The Kier molecular flexibility index (Phi) is 3.21. The lowest BCUT2D eigenvalue weighted by Gasteiger charge is -2.18. The number of likely N-dealkylation sites (tertiary alicyclic amines) is 1. The average molecular weight is 210 g/mol. The van der Waals surface area contributed by atoms with Crippen molar-refractivity contribution in [3.8, 4) is 0 Å². The highest BCUT2D eigenvalue weighted by Gasteiger charge is 2.21. The minimum Gasteiger partial charge on any atom is -0.305 e. The minimum atomic E-state index is 0.506. The Hall–Kier alpha value is -0.380. The number of hydrogen-bond donors (Lipinski definition) is 1. The van der Waals surface area contributed by atoms with Crippen molar-refractivity contribution in [2.75, 3.05) is 20.1 Å². The Labute approximate surface area is 89.9 Å². The summed E-state index contributed by atoms with van der Waals surface area (Å²) in [5.74, 6) is 0. The van der Waals surface area contributed by atoms with E-state index >= 15 is 0 Å². The van der Waals surface area contributed by atoms with Crippen LogP contribution in [0, 0.1) is 0 Å². The predicted octanol–water partition coefficient (Wildman–Crippen LogP) is 2.10. The van der Waals surface area contributed by atoms with Gasteiger partial charge in [-0.05, 0) is 38.4 Å². The number of likely N-dealkylation sites (N-methyl/N-ethyl adjacent to an activating group) is 1. The van der Waals surface area contributed by atoms with E-state index in [-0.39, 0.29) is 0 Å². The van der Waals surface area contributed by atoms with E-state index in [1.807, 2.05) is 11.3 Å². The van der Waals surface area contributed by atoms with Crippen molar-refractivity contribution in [1.82, 2.24) is 10.2 Å². The standard InChI is InChI=1S/C11H18N2S/c1-9(11-4-3-7-14-11)12-10-5-6-13(2)8-10/h3-4,7,9-10,12H,5-6,8H2,1-2H3/t9-,10+/m1/s1. The molecule has 2 rings (SSSR count). The van der Waals surface area contributed by atoms with E-state index in [1.54, 1.807) is 0 Å². The Morgan fingerprint density at radius 2 is 2.50 bits per heavy atom. The second-order valence-electron chi connectivity index (χ2n) is 4.15. The molecule has 0 amide bonds. The van der Waals surface area contributed by atoms with Crippen molar-refractivity contribution in [2.45, 2.75) is 25.4 Å². The molecule has 78 valence electrons. The first-order chi connectivity index (χ1) is 6.75. The lowest BCUT2D eigenvalue weighted by Crippen LogP contribution is -2.33. The minimum absolute atomic E-state index is 0.506. The van der Waals surface area contributed by atoms with Gasteiger partial charge in [-0.2, -0.15) is 0 Å². The molecule has 0 spiro atoms. The van der Waals surface area contributed by atoms with Crippen molar-refractivity contribution < 1.29 is 0 Å². The van der Waals surface area contributed by atoms with Crippen molar-refractivity contribution in [3.63, 3.8) is 0 Å². The van der Waals surface area contributed by atoms with Crippen LogP contribution in [0.25, 0.3) is 0 Å². The molecule has 2 heterocycles. The third-order valence-electron chi connectivity index (χ3n) is 2.85. The monoisotopic (exact) mass is 210 g/mol. The van der Waals surface area contributed by atoms with Gasteiger partial charge in [0, 0.05) is 23.5 Å². The third-order valence-corrected chi connectivity index (χ3v) is 3.90. The van der Waals surface area contributed by atoms with Gasteiger partial charge in [0.15, 0.2) is 0 Å². The molecule has 1 fully saturated rings. The van der Waals surface area contributed by atoms with Crippen LogP contribution in [0.1, 0.15) is 24.3 Å². The molecule has 3 heteroatoms. The summed E-state index contributed by atoms with van der Waals surface area (Å²) in [6, 6.07) is 5.52. The van der Waals surface area contributed by atoms with Crippen LogP contribution in [-0.4, -0.2) is 31.1 Å². The van der Waals surface area contributed by atoms with Crippen molar-refractivity contribution in [2.24, 2.45) is 0 Å². The molecule has 0 unspecified atom stereocenters. The highest BCUT2D eigenvalue weighted by atomic mass is 32.1. The van der Waals surface area contributed by atoms with Crippen LogP contribution in [-0.2, 0) is 0 Å². The van der Waals surface area contributed by atoms with Gasteiger partial charge in [0.2, 0.25) is 0 Å². The van der Waals surface area contributed by atoms with Gasteiger partial charge < -0.3 is 10.2 Å². The second-order valence-corrected chi connectivity index (χ2v) is 5.13. The highest BCUT2D eigenvalue weighted by molar-refractivity contribution is 7.10. The van der Waals surface area contributed by atoms with Crippen molar-refractivity contribution in [1.29, 1.82) is 0 Å². The fourth-order valence-corrected chi connectivity index (χ4v) is 2.79. The Bertz CT molecular complexity index is 271. The Morgan fingerprint density at radius 3 is 3.07 bits per heavy atom. The van der Waals surface area contributed by atoms with E-state index in [9.17, 15) is 0 Å². The molecule has 1 aromatic rings. The smallest absolute Gasteiger partial charge is 0.0388 e. The topological polar surface area (TPSA) is 15.3 Å². The average Bonchev–Trinajstić information content (AvgIpc) is 2.75. The molecule has 1 aromatic heterocycles. The van der Waals surface area contributed by atoms with Crippen LogP contribution in [0.4, 0.5) is 0 Å². The lowest BCUT2D eigenvalue weighted by atomic mass is 10.2. The van der Waals surface area contributed by atoms with E-state index < -0.39 is 0 Å². The van der Waals surface area contributed by atoms with Gasteiger partial charge >= 0.3 is 0 Å². The molecule has 1 N–H and O–H groups in total. The van der Waals surface area contributed by atoms with Crippen molar-refractivity contribution in [3.05, 3.63) is 22.4 Å². The van der Waals surface area contributed by atoms with Gasteiger partial charge in [0.25, 0.3) is 0 Å². The third kappa shape index (κ3) is 2.35. The van der Waals surface area contributed by atoms with Crippen LogP contribution in [0.3, 0.4) is 0 Å². The van der Waals surface area contributed by atoms with Gasteiger partial charge in [-0.25, -0.2) is 0 Å². The van der Waals surface area contributed by atoms with Crippen LogP contribution in [0.15, 0.2) is 17.5 Å². The fraction of sp³-hybridized carbons (Fsp3) is 0.636. The fourth-order valence-electron chi connectivity index (χ4n) is 2.04. The summed E-state index contributed by atoms with van der Waals surface area (Å²) in [7, 11) is 2.19. The lowest BCUT2D eigenvalue weighted by molar-refractivity contribution is 0.388. The first kappa shape index (κ1) is 10.1. The molecule has 0 saturated carbocycles. The Balaban J connectivity index is 1.86. The van der Waals surface area contributed by atoms with Crippen LogP contribution >= 0.6 is 11.3 Å². The SMILES string of the molecule is C[C@@H](N[C@H]1CCN(C)C1)c1cccs1. The zero-order chi connectivity index (χ0) is 9.97. The summed E-state index contributed by atoms with van der Waals surface area (Å²) in [4.78, 5) is 3.83. The molecule has 2 atom stereocenters. The first-order valence-electron chi connectivity index (χ1n) is 5.23. The molecule has 14 heavy (non-hydrogen) atoms. The van der Waals surface area contributed by atoms with Crippen LogP contribution in [0.5, 0.6) is 0 Å². The molecule has 1 aliphatic rings. The summed E-state index contributed by atoms with van der Waals surface area (Å²) in [6.45, 7) is 4.68. The van der Waals surface area contributed by atoms with E-state index in [1.165, 1.54) is 24.4 Å². The van der Waals surface area contributed by atoms with E-state index in [2.05, 4.69) is 41.7 Å². The zero-order valence-corrected chi connectivity index (χ0v) is 9.68. The van der Waals surface area contributed by atoms with Gasteiger partial charge in [-0.15, -0.1) is 11.3 Å². The van der Waals surface area contributed by atoms with E-state index in [4.69, 9.17) is 0 Å². The van der Waals surface area contributed by atoms with Gasteiger partial charge in [-0.1, -0.05) is 6.07 Å². The molecule has 1 saturated heterocycles. The molecular formula is C11H18N2S. The van der Waals surface area contributed by atoms with E-state index in [0.717, 1.165) is 0 Å².